The standard InChI is InChI=1S/C14H10Br2N2O3S/c1-22-9-3-5-13(18(20)21)10(7-9)14(19)17-12-4-2-8(15)6-11(12)16/h2-7H,1H3,(H,17,19). The number of benzene rings is 2. The Hall–Kier alpha value is -1.38. The van der Waals surface area contributed by atoms with E-state index < -0.39 is 10.8 Å². The van der Waals surface area contributed by atoms with Crippen LogP contribution in [0.4, 0.5) is 11.4 Å². The van der Waals surface area contributed by atoms with Gasteiger partial charge in [0, 0.05) is 19.9 Å². The molecule has 0 fully saturated rings. The maximum absolute atomic E-state index is 12.4. The molecule has 2 rings (SSSR count). The molecule has 0 unspecified atom stereocenters. The molecule has 5 nitrogen and oxygen atoms in total. The summed E-state index contributed by atoms with van der Waals surface area (Å²) in [6, 6.07) is 9.74. The molecule has 2 aromatic carbocycles. The molecule has 0 bridgehead atoms. The summed E-state index contributed by atoms with van der Waals surface area (Å²) in [6.07, 6.45) is 1.84. The molecule has 1 N–H and O–H groups in total. The van der Waals surface area contributed by atoms with Crippen molar-refractivity contribution < 1.29 is 9.72 Å². The van der Waals surface area contributed by atoms with Crippen molar-refractivity contribution in [2.45, 2.75) is 4.90 Å². The first-order valence-electron chi connectivity index (χ1n) is 6.01. The summed E-state index contributed by atoms with van der Waals surface area (Å²) in [4.78, 5) is 23.7. The molecule has 1 amide bonds. The van der Waals surface area contributed by atoms with Crippen LogP contribution in [0.2, 0.25) is 0 Å². The van der Waals surface area contributed by atoms with E-state index in [4.69, 9.17) is 0 Å². The zero-order valence-electron chi connectivity index (χ0n) is 11.3. The molecule has 0 aromatic heterocycles. The summed E-state index contributed by atoms with van der Waals surface area (Å²) in [7, 11) is 0. The van der Waals surface area contributed by atoms with Crippen molar-refractivity contribution in [3.63, 3.8) is 0 Å². The lowest BCUT2D eigenvalue weighted by molar-refractivity contribution is -0.385. The third kappa shape index (κ3) is 3.88. The van der Waals surface area contributed by atoms with Gasteiger partial charge in [0.1, 0.15) is 5.56 Å². The summed E-state index contributed by atoms with van der Waals surface area (Å²) >= 11 is 8.08. The minimum absolute atomic E-state index is 0.0340. The van der Waals surface area contributed by atoms with Gasteiger partial charge in [-0.3, -0.25) is 14.9 Å². The highest BCUT2D eigenvalue weighted by atomic mass is 79.9. The number of carbonyl (C=O) groups excluding carboxylic acids is 1. The Balaban J connectivity index is 2.38. The van der Waals surface area contributed by atoms with E-state index in [-0.39, 0.29) is 11.3 Å². The van der Waals surface area contributed by atoms with E-state index in [0.29, 0.717) is 10.2 Å². The number of hydrogen-bond acceptors (Lipinski definition) is 4. The number of hydrogen-bond donors (Lipinski definition) is 1. The van der Waals surface area contributed by atoms with E-state index in [1.165, 1.54) is 23.9 Å². The first-order valence-corrected chi connectivity index (χ1v) is 8.82. The number of anilines is 1. The zero-order valence-corrected chi connectivity index (χ0v) is 15.3. The predicted molar refractivity (Wildman–Crippen MR) is 94.7 cm³/mol. The highest BCUT2D eigenvalue weighted by Gasteiger charge is 2.21. The molecule has 8 heteroatoms. The monoisotopic (exact) mass is 444 g/mol. The van der Waals surface area contributed by atoms with Gasteiger partial charge in [0.15, 0.2) is 0 Å². The lowest BCUT2D eigenvalue weighted by Gasteiger charge is -2.09. The number of halogens is 2. The molecule has 114 valence electrons. The van der Waals surface area contributed by atoms with Crippen molar-refractivity contribution in [2.24, 2.45) is 0 Å². The van der Waals surface area contributed by atoms with Crippen LogP contribution < -0.4 is 5.32 Å². The molecule has 0 heterocycles. The number of nitrogens with one attached hydrogen (secondary N) is 1. The second kappa shape index (κ2) is 7.26. The Labute approximate surface area is 147 Å². The smallest absolute Gasteiger partial charge is 0.282 e. The molecule has 0 aliphatic carbocycles. The summed E-state index contributed by atoms with van der Waals surface area (Å²) < 4.78 is 1.53. The molecule has 0 aliphatic rings. The van der Waals surface area contributed by atoms with Crippen molar-refractivity contribution in [1.29, 1.82) is 0 Å². The normalized spacial score (nSPS) is 10.3. The van der Waals surface area contributed by atoms with Crippen LogP contribution in [0.3, 0.4) is 0 Å². The van der Waals surface area contributed by atoms with E-state index in [2.05, 4.69) is 37.2 Å². The predicted octanol–water partition coefficient (Wildman–Crippen LogP) is 5.09. The molecule has 2 aromatic rings. The second-order valence-corrected chi connectivity index (χ2v) is 6.87. The molecule has 0 saturated heterocycles. The van der Waals surface area contributed by atoms with Crippen LogP contribution in [-0.4, -0.2) is 17.1 Å². The quantitative estimate of drug-likeness (QED) is 0.404. The summed E-state index contributed by atoms with van der Waals surface area (Å²) in [5.41, 5.74) is 0.354. The lowest BCUT2D eigenvalue weighted by atomic mass is 10.1. The van der Waals surface area contributed by atoms with Gasteiger partial charge in [-0.2, -0.15) is 0 Å². The van der Waals surface area contributed by atoms with Gasteiger partial charge in [0.2, 0.25) is 0 Å². The molecule has 0 radical (unpaired) electrons. The molecule has 0 saturated carbocycles. The highest BCUT2D eigenvalue weighted by molar-refractivity contribution is 9.11. The Morgan fingerprint density at radius 3 is 2.55 bits per heavy atom. The van der Waals surface area contributed by atoms with E-state index >= 15 is 0 Å². The SMILES string of the molecule is CSc1ccc([N+](=O)[O-])c(C(=O)Nc2ccc(Br)cc2Br)c1. The number of nitro groups is 1. The minimum atomic E-state index is -0.560. The largest absolute Gasteiger partial charge is 0.321 e. The van der Waals surface area contributed by atoms with Crippen LogP contribution in [0.15, 0.2) is 50.2 Å². The molecule has 0 spiro atoms. The number of carbonyl (C=O) groups is 1. The number of nitrogens with zero attached hydrogens (tertiary/aromatic N) is 1. The van der Waals surface area contributed by atoms with Gasteiger partial charge in [-0.1, -0.05) is 15.9 Å². The Morgan fingerprint density at radius 1 is 1.23 bits per heavy atom. The first kappa shape index (κ1) is 17.0. The molecular formula is C14H10Br2N2O3S. The van der Waals surface area contributed by atoms with Crippen LogP contribution in [0.25, 0.3) is 0 Å². The molecular weight excluding hydrogens is 436 g/mol. The Bertz CT molecular complexity index is 753. The fourth-order valence-electron chi connectivity index (χ4n) is 1.76. The van der Waals surface area contributed by atoms with E-state index in [1.807, 2.05) is 6.26 Å². The van der Waals surface area contributed by atoms with Crippen LogP contribution in [0, 0.1) is 10.1 Å². The molecule has 22 heavy (non-hydrogen) atoms. The van der Waals surface area contributed by atoms with Crippen LogP contribution in [0.5, 0.6) is 0 Å². The third-order valence-corrected chi connectivity index (χ3v) is 4.70. The van der Waals surface area contributed by atoms with Gasteiger partial charge in [-0.05, 0) is 52.5 Å². The summed E-state index contributed by atoms with van der Waals surface area (Å²) in [6.45, 7) is 0. The minimum Gasteiger partial charge on any atom is -0.321 e. The second-order valence-electron chi connectivity index (χ2n) is 4.22. The van der Waals surface area contributed by atoms with Crippen molar-refractivity contribution >= 4 is 60.9 Å². The molecule has 0 atom stereocenters. The zero-order chi connectivity index (χ0) is 16.3. The van der Waals surface area contributed by atoms with Gasteiger partial charge in [0.05, 0.1) is 10.6 Å². The summed E-state index contributed by atoms with van der Waals surface area (Å²) in [5, 5.41) is 13.8. The van der Waals surface area contributed by atoms with Crippen molar-refractivity contribution in [3.05, 3.63) is 61.0 Å². The van der Waals surface area contributed by atoms with Gasteiger partial charge in [-0.25, -0.2) is 0 Å². The average Bonchev–Trinajstić information content (AvgIpc) is 2.49. The van der Waals surface area contributed by atoms with Crippen molar-refractivity contribution in [1.82, 2.24) is 0 Å². The first-order chi connectivity index (χ1) is 10.4. The van der Waals surface area contributed by atoms with Crippen LogP contribution >= 0.6 is 43.6 Å². The maximum atomic E-state index is 12.4. The highest BCUT2D eigenvalue weighted by Crippen LogP contribution is 2.29. The number of amides is 1. The van der Waals surface area contributed by atoms with Gasteiger partial charge < -0.3 is 5.32 Å². The van der Waals surface area contributed by atoms with Crippen LogP contribution in [0.1, 0.15) is 10.4 Å². The van der Waals surface area contributed by atoms with Crippen LogP contribution in [-0.2, 0) is 0 Å². The number of rotatable bonds is 4. The van der Waals surface area contributed by atoms with E-state index in [1.54, 1.807) is 24.3 Å². The van der Waals surface area contributed by atoms with Gasteiger partial charge in [-0.15, -0.1) is 11.8 Å². The topological polar surface area (TPSA) is 72.2 Å². The lowest BCUT2D eigenvalue weighted by Crippen LogP contribution is -2.14. The van der Waals surface area contributed by atoms with E-state index in [9.17, 15) is 14.9 Å². The Morgan fingerprint density at radius 2 is 1.95 bits per heavy atom. The van der Waals surface area contributed by atoms with Crippen molar-refractivity contribution in [3.8, 4) is 0 Å². The fourth-order valence-corrected chi connectivity index (χ4v) is 3.35. The number of thioether (sulfide) groups is 1. The van der Waals surface area contributed by atoms with Gasteiger partial charge >= 0.3 is 0 Å². The Kier molecular flexibility index (Phi) is 5.60. The number of nitro benzene ring substituents is 1. The third-order valence-electron chi connectivity index (χ3n) is 2.82. The molecule has 0 aliphatic heterocycles. The average molecular weight is 446 g/mol. The van der Waals surface area contributed by atoms with Crippen molar-refractivity contribution in [2.75, 3.05) is 11.6 Å². The van der Waals surface area contributed by atoms with Gasteiger partial charge in [0.25, 0.3) is 11.6 Å². The maximum Gasteiger partial charge on any atom is 0.282 e. The van der Waals surface area contributed by atoms with E-state index in [0.717, 1.165) is 9.37 Å². The fraction of sp³-hybridized carbons (Fsp3) is 0.0714. The summed E-state index contributed by atoms with van der Waals surface area (Å²) in [5.74, 6) is -0.523.